The van der Waals surface area contributed by atoms with Crippen molar-refractivity contribution in [3.8, 4) is 0 Å². The van der Waals surface area contributed by atoms with Gasteiger partial charge in [-0.25, -0.2) is 4.98 Å². The Morgan fingerprint density at radius 1 is 1.56 bits per heavy atom. The van der Waals surface area contributed by atoms with Gasteiger partial charge < -0.3 is 10.3 Å². The number of rotatable bonds is 3. The molecule has 0 saturated carbocycles. The van der Waals surface area contributed by atoms with Gasteiger partial charge in [0, 0.05) is 0 Å². The van der Waals surface area contributed by atoms with Gasteiger partial charge >= 0.3 is 0 Å². The van der Waals surface area contributed by atoms with Crippen LogP contribution in [0.1, 0.15) is 18.8 Å². The molecule has 0 aliphatic carbocycles. The highest BCUT2D eigenvalue weighted by Gasteiger charge is 2.11. The van der Waals surface area contributed by atoms with E-state index in [0.29, 0.717) is 0 Å². The van der Waals surface area contributed by atoms with E-state index in [2.05, 4.69) is 21.9 Å². The van der Waals surface area contributed by atoms with Crippen molar-refractivity contribution in [1.29, 1.82) is 0 Å². The largest absolute Gasteiger partial charge is 0.343 e. The van der Waals surface area contributed by atoms with E-state index in [4.69, 9.17) is 0 Å². The molecule has 0 bridgehead atoms. The summed E-state index contributed by atoms with van der Waals surface area (Å²) in [4.78, 5) is 18.7. The minimum atomic E-state index is -0.201. The van der Waals surface area contributed by atoms with Gasteiger partial charge in [0.25, 0.3) is 0 Å². The molecule has 0 spiro atoms. The van der Waals surface area contributed by atoms with Crippen LogP contribution >= 0.6 is 0 Å². The summed E-state index contributed by atoms with van der Waals surface area (Å²) < 4.78 is 0. The molecule has 0 saturated heterocycles. The second kappa shape index (κ2) is 4.18. The fraction of sp³-hybridized carbons (Fsp3) is 0.167. The highest BCUT2D eigenvalue weighted by Crippen LogP contribution is 2.15. The van der Waals surface area contributed by atoms with Crippen LogP contribution in [0.3, 0.4) is 0 Å². The smallest absolute Gasteiger partial charge is 0.243 e. The summed E-state index contributed by atoms with van der Waals surface area (Å²) in [5.74, 6) is 0.546. The lowest BCUT2D eigenvalue weighted by molar-refractivity contribution is -0.117. The predicted molar refractivity (Wildman–Crippen MR) is 62.8 cm³/mol. The molecule has 4 nitrogen and oxygen atoms in total. The standard InChI is InChI=1S/C12H13N3O/c1-3-11(16)13-8(2)12-14-9-6-4-5-7-10(9)15-12/h3-8H,1H2,2H3,(H,13,16)(H,14,15)/t8-/m0/s1. The Labute approximate surface area is 93.4 Å². The Kier molecular flexibility index (Phi) is 2.72. The third kappa shape index (κ3) is 1.95. The van der Waals surface area contributed by atoms with E-state index in [1.165, 1.54) is 6.08 Å². The Bertz CT molecular complexity index is 497. The van der Waals surface area contributed by atoms with Gasteiger partial charge in [0.2, 0.25) is 5.91 Å². The number of carbonyl (C=O) groups is 1. The van der Waals surface area contributed by atoms with Crippen molar-refractivity contribution >= 4 is 16.9 Å². The first-order valence-corrected chi connectivity index (χ1v) is 5.08. The van der Waals surface area contributed by atoms with Gasteiger partial charge in [-0.1, -0.05) is 18.7 Å². The number of carbonyl (C=O) groups excluding carboxylic acids is 1. The van der Waals surface area contributed by atoms with Gasteiger partial charge in [0.1, 0.15) is 5.82 Å². The number of hydrogen-bond donors (Lipinski definition) is 2. The van der Waals surface area contributed by atoms with Crippen LogP contribution in [0.2, 0.25) is 0 Å². The number of H-pyrrole nitrogens is 1. The van der Waals surface area contributed by atoms with E-state index in [0.717, 1.165) is 16.9 Å². The molecule has 1 heterocycles. The molecule has 2 N–H and O–H groups in total. The second-order valence-corrected chi connectivity index (χ2v) is 3.57. The van der Waals surface area contributed by atoms with Gasteiger partial charge in [-0.3, -0.25) is 4.79 Å². The van der Waals surface area contributed by atoms with Crippen LogP contribution in [0.5, 0.6) is 0 Å². The average molecular weight is 215 g/mol. The highest BCUT2D eigenvalue weighted by molar-refractivity contribution is 5.87. The summed E-state index contributed by atoms with van der Waals surface area (Å²) >= 11 is 0. The minimum Gasteiger partial charge on any atom is -0.343 e. The van der Waals surface area contributed by atoms with Crippen LogP contribution in [0.4, 0.5) is 0 Å². The van der Waals surface area contributed by atoms with E-state index in [-0.39, 0.29) is 11.9 Å². The molecule has 1 atom stereocenters. The van der Waals surface area contributed by atoms with Crippen molar-refractivity contribution in [3.05, 3.63) is 42.7 Å². The Morgan fingerprint density at radius 3 is 3.00 bits per heavy atom. The SMILES string of the molecule is C=CC(=O)N[C@@H](C)c1nc2ccccc2[nH]1. The normalized spacial score (nSPS) is 12.3. The molecule has 1 amide bonds. The van der Waals surface area contributed by atoms with E-state index >= 15 is 0 Å². The number of nitrogens with zero attached hydrogens (tertiary/aromatic N) is 1. The molecule has 0 radical (unpaired) electrons. The Balaban J connectivity index is 2.26. The maximum absolute atomic E-state index is 11.1. The zero-order valence-electron chi connectivity index (χ0n) is 9.03. The zero-order chi connectivity index (χ0) is 11.5. The van der Waals surface area contributed by atoms with Crippen molar-refractivity contribution < 1.29 is 4.79 Å². The van der Waals surface area contributed by atoms with Crippen LogP contribution in [0, 0.1) is 0 Å². The maximum Gasteiger partial charge on any atom is 0.243 e. The minimum absolute atomic E-state index is 0.155. The summed E-state index contributed by atoms with van der Waals surface area (Å²) in [5.41, 5.74) is 1.87. The molecular weight excluding hydrogens is 202 g/mol. The zero-order valence-corrected chi connectivity index (χ0v) is 9.03. The number of hydrogen-bond acceptors (Lipinski definition) is 2. The molecule has 2 aromatic rings. The fourth-order valence-corrected chi connectivity index (χ4v) is 1.52. The number of aromatic nitrogens is 2. The molecule has 0 aliphatic heterocycles. The van der Waals surface area contributed by atoms with E-state index in [9.17, 15) is 4.79 Å². The Morgan fingerprint density at radius 2 is 2.31 bits per heavy atom. The van der Waals surface area contributed by atoms with E-state index in [1.54, 1.807) is 0 Å². The number of amides is 1. The molecule has 16 heavy (non-hydrogen) atoms. The van der Waals surface area contributed by atoms with Crippen LogP contribution < -0.4 is 5.32 Å². The van der Waals surface area contributed by atoms with Crippen LogP contribution in [0.25, 0.3) is 11.0 Å². The number of aromatic amines is 1. The number of benzene rings is 1. The topological polar surface area (TPSA) is 57.8 Å². The Hall–Kier alpha value is -2.10. The van der Waals surface area contributed by atoms with Crippen molar-refractivity contribution in [3.63, 3.8) is 0 Å². The van der Waals surface area contributed by atoms with Crippen molar-refractivity contribution in [2.75, 3.05) is 0 Å². The fourth-order valence-electron chi connectivity index (χ4n) is 1.52. The quantitative estimate of drug-likeness (QED) is 0.768. The van der Waals surface area contributed by atoms with Crippen LogP contribution in [-0.2, 0) is 4.79 Å². The number of fused-ring (bicyclic) bond motifs is 1. The summed E-state index contributed by atoms with van der Waals surface area (Å²) in [6.07, 6.45) is 1.25. The van der Waals surface area contributed by atoms with Crippen molar-refractivity contribution in [1.82, 2.24) is 15.3 Å². The lowest BCUT2D eigenvalue weighted by Gasteiger charge is -2.08. The monoisotopic (exact) mass is 215 g/mol. The third-order valence-corrected chi connectivity index (χ3v) is 2.36. The number of para-hydroxylation sites is 2. The molecule has 82 valence electrons. The molecular formula is C12H13N3O. The van der Waals surface area contributed by atoms with Gasteiger partial charge in [-0.05, 0) is 25.1 Å². The molecule has 2 rings (SSSR count). The van der Waals surface area contributed by atoms with E-state index < -0.39 is 0 Å². The van der Waals surface area contributed by atoms with Crippen molar-refractivity contribution in [2.24, 2.45) is 0 Å². The lowest BCUT2D eigenvalue weighted by atomic mass is 10.3. The van der Waals surface area contributed by atoms with Gasteiger partial charge in [0.05, 0.1) is 17.1 Å². The van der Waals surface area contributed by atoms with Gasteiger partial charge in [0.15, 0.2) is 0 Å². The molecule has 0 fully saturated rings. The number of imidazole rings is 1. The molecule has 0 unspecified atom stereocenters. The average Bonchev–Trinajstić information content (AvgIpc) is 2.72. The second-order valence-electron chi connectivity index (χ2n) is 3.57. The van der Waals surface area contributed by atoms with Crippen LogP contribution in [-0.4, -0.2) is 15.9 Å². The molecule has 0 aliphatic rings. The summed E-state index contributed by atoms with van der Waals surface area (Å²) in [5, 5.41) is 2.76. The lowest BCUT2D eigenvalue weighted by Crippen LogP contribution is -2.25. The molecule has 4 heteroatoms. The van der Waals surface area contributed by atoms with Crippen molar-refractivity contribution in [2.45, 2.75) is 13.0 Å². The first-order chi connectivity index (χ1) is 7.70. The molecule has 1 aromatic heterocycles. The highest BCUT2D eigenvalue weighted by atomic mass is 16.1. The van der Waals surface area contributed by atoms with Gasteiger partial charge in [-0.15, -0.1) is 0 Å². The van der Waals surface area contributed by atoms with E-state index in [1.807, 2.05) is 31.2 Å². The first-order valence-electron chi connectivity index (χ1n) is 5.08. The maximum atomic E-state index is 11.1. The summed E-state index contributed by atoms with van der Waals surface area (Å²) in [6, 6.07) is 7.60. The third-order valence-electron chi connectivity index (χ3n) is 2.36. The summed E-state index contributed by atoms with van der Waals surface area (Å²) in [6.45, 7) is 5.28. The van der Waals surface area contributed by atoms with Gasteiger partial charge in [-0.2, -0.15) is 0 Å². The predicted octanol–water partition coefficient (Wildman–Crippen LogP) is 1.93. The number of nitrogens with one attached hydrogen (secondary N) is 2. The summed E-state index contributed by atoms with van der Waals surface area (Å²) in [7, 11) is 0. The first kappa shape index (κ1) is 10.4. The molecule has 1 aromatic carbocycles. The van der Waals surface area contributed by atoms with Crippen LogP contribution in [0.15, 0.2) is 36.9 Å².